The van der Waals surface area contributed by atoms with Gasteiger partial charge in [0.25, 0.3) is 11.8 Å². The smallest absolute Gasteiger partial charge is 0.266 e. The topological polar surface area (TPSA) is 76.7 Å². The third kappa shape index (κ3) is 4.77. The molecule has 0 saturated carbocycles. The number of carbonyl (C=O) groups is 2. The number of amides is 2. The van der Waals surface area contributed by atoms with E-state index in [-0.39, 0.29) is 6.42 Å². The molecule has 2 aromatic carbocycles. The Hall–Kier alpha value is -2.86. The number of unbranched alkanes of at least 4 members (excludes halogenated alkanes) is 1. The zero-order valence-corrected chi connectivity index (χ0v) is 17.0. The van der Waals surface area contributed by atoms with Crippen molar-refractivity contribution in [2.24, 2.45) is 0 Å². The summed E-state index contributed by atoms with van der Waals surface area (Å²) in [5, 5.41) is 5.74. The van der Waals surface area contributed by atoms with Crippen LogP contribution in [-0.2, 0) is 27.2 Å². The van der Waals surface area contributed by atoms with Gasteiger partial charge in [0, 0.05) is 31.3 Å². The van der Waals surface area contributed by atoms with Crippen molar-refractivity contribution in [2.45, 2.75) is 38.2 Å². The van der Waals surface area contributed by atoms with E-state index in [4.69, 9.17) is 9.47 Å². The van der Waals surface area contributed by atoms with Gasteiger partial charge in [0.1, 0.15) is 5.75 Å². The molecule has 0 bridgehead atoms. The lowest BCUT2D eigenvalue weighted by atomic mass is 9.87. The van der Waals surface area contributed by atoms with Gasteiger partial charge < -0.3 is 20.1 Å². The Morgan fingerprint density at radius 1 is 1.21 bits per heavy atom. The fourth-order valence-corrected chi connectivity index (χ4v) is 3.39. The number of benzene rings is 2. The van der Waals surface area contributed by atoms with Crippen molar-refractivity contribution in [3.05, 3.63) is 59.7 Å². The minimum atomic E-state index is -1.56. The van der Waals surface area contributed by atoms with Crippen molar-refractivity contribution < 1.29 is 19.1 Å². The van der Waals surface area contributed by atoms with Gasteiger partial charge in [0.15, 0.2) is 0 Å². The Kier molecular flexibility index (Phi) is 6.88. The average molecular weight is 396 g/mol. The highest BCUT2D eigenvalue weighted by molar-refractivity contribution is 6.15. The fourth-order valence-electron chi connectivity index (χ4n) is 3.39. The van der Waals surface area contributed by atoms with Crippen molar-refractivity contribution in [2.75, 3.05) is 25.6 Å². The van der Waals surface area contributed by atoms with E-state index in [9.17, 15) is 9.59 Å². The molecule has 0 aliphatic carbocycles. The van der Waals surface area contributed by atoms with Crippen LogP contribution in [0.5, 0.6) is 5.75 Å². The molecule has 3 rings (SSSR count). The minimum absolute atomic E-state index is 0.193. The minimum Gasteiger partial charge on any atom is -0.497 e. The van der Waals surface area contributed by atoms with Gasteiger partial charge >= 0.3 is 0 Å². The Bertz CT molecular complexity index is 853. The van der Waals surface area contributed by atoms with Gasteiger partial charge in [-0.05, 0) is 30.0 Å². The maximum Gasteiger partial charge on any atom is 0.266 e. The number of hydrogen-bond donors (Lipinski definition) is 2. The van der Waals surface area contributed by atoms with Gasteiger partial charge in [-0.1, -0.05) is 49.7 Å². The average Bonchev–Trinajstić information content (AvgIpc) is 2.74. The fraction of sp³-hybridized carbons (Fsp3) is 0.391. The van der Waals surface area contributed by atoms with Gasteiger partial charge in [-0.3, -0.25) is 9.59 Å². The number of fused-ring (bicyclic) bond motifs is 1. The maximum atomic E-state index is 13.1. The van der Waals surface area contributed by atoms with Crippen LogP contribution < -0.4 is 15.4 Å². The molecule has 1 unspecified atom stereocenters. The lowest BCUT2D eigenvalue weighted by molar-refractivity contribution is -0.158. The quantitative estimate of drug-likeness (QED) is 0.504. The van der Waals surface area contributed by atoms with Gasteiger partial charge in [-0.2, -0.15) is 0 Å². The van der Waals surface area contributed by atoms with Gasteiger partial charge in [0.2, 0.25) is 5.60 Å². The second-order valence-electron chi connectivity index (χ2n) is 7.17. The van der Waals surface area contributed by atoms with E-state index in [1.54, 1.807) is 13.2 Å². The van der Waals surface area contributed by atoms with Crippen LogP contribution in [0, 0.1) is 0 Å². The molecule has 1 aliphatic rings. The maximum absolute atomic E-state index is 13.1. The Labute approximate surface area is 171 Å². The molecule has 2 aromatic rings. The van der Waals surface area contributed by atoms with E-state index in [0.717, 1.165) is 24.0 Å². The highest BCUT2D eigenvalue weighted by Gasteiger charge is 2.50. The molecule has 6 nitrogen and oxygen atoms in total. The number of anilines is 1. The van der Waals surface area contributed by atoms with E-state index < -0.39 is 17.4 Å². The number of rotatable bonds is 9. The SMILES string of the molecule is CCCCOC1(C(=O)NCCc2ccccc2)Cc2ccc(OC)cc2NC1=O. The van der Waals surface area contributed by atoms with Crippen molar-refractivity contribution in [1.29, 1.82) is 0 Å². The monoisotopic (exact) mass is 396 g/mol. The van der Waals surface area contributed by atoms with E-state index in [0.29, 0.717) is 31.0 Å². The Morgan fingerprint density at radius 3 is 2.72 bits per heavy atom. The highest BCUT2D eigenvalue weighted by atomic mass is 16.5. The van der Waals surface area contributed by atoms with E-state index in [1.807, 2.05) is 49.4 Å². The molecule has 1 heterocycles. The number of carbonyl (C=O) groups excluding carboxylic acids is 2. The molecule has 0 saturated heterocycles. The van der Waals surface area contributed by atoms with E-state index in [1.165, 1.54) is 0 Å². The molecule has 2 N–H and O–H groups in total. The van der Waals surface area contributed by atoms with Crippen LogP contribution in [0.3, 0.4) is 0 Å². The van der Waals surface area contributed by atoms with Crippen LogP contribution in [0.15, 0.2) is 48.5 Å². The van der Waals surface area contributed by atoms with Crippen LogP contribution >= 0.6 is 0 Å². The van der Waals surface area contributed by atoms with E-state index >= 15 is 0 Å². The zero-order chi connectivity index (χ0) is 20.7. The number of ether oxygens (including phenoxy) is 2. The first-order valence-corrected chi connectivity index (χ1v) is 10.0. The molecule has 1 aliphatic heterocycles. The van der Waals surface area contributed by atoms with Crippen LogP contribution in [0.1, 0.15) is 30.9 Å². The van der Waals surface area contributed by atoms with Crippen LogP contribution in [0.4, 0.5) is 5.69 Å². The predicted octanol–water partition coefficient (Wildman–Crippen LogP) is 3.10. The van der Waals surface area contributed by atoms with Crippen molar-refractivity contribution in [1.82, 2.24) is 5.32 Å². The van der Waals surface area contributed by atoms with Gasteiger partial charge in [-0.15, -0.1) is 0 Å². The first-order valence-electron chi connectivity index (χ1n) is 10.0. The van der Waals surface area contributed by atoms with Gasteiger partial charge in [-0.25, -0.2) is 0 Å². The standard InChI is InChI=1S/C23H28N2O4/c1-3-4-14-29-23(21(26)24-13-12-17-8-6-5-7-9-17)16-18-10-11-19(28-2)15-20(18)25-22(23)27/h5-11,15H,3-4,12-14,16H2,1-2H3,(H,24,26)(H,25,27). The third-order valence-electron chi connectivity index (χ3n) is 5.13. The van der Waals surface area contributed by atoms with Crippen molar-refractivity contribution in [3.63, 3.8) is 0 Å². The number of nitrogens with one attached hydrogen (secondary N) is 2. The largest absolute Gasteiger partial charge is 0.497 e. The number of methoxy groups -OCH3 is 1. The third-order valence-corrected chi connectivity index (χ3v) is 5.13. The normalized spacial score (nSPS) is 17.9. The van der Waals surface area contributed by atoms with Crippen molar-refractivity contribution >= 4 is 17.5 Å². The molecule has 0 radical (unpaired) electrons. The summed E-state index contributed by atoms with van der Waals surface area (Å²) in [6.07, 6.45) is 2.58. The zero-order valence-electron chi connectivity index (χ0n) is 17.0. The molecule has 1 atom stereocenters. The first-order chi connectivity index (χ1) is 14.1. The van der Waals surface area contributed by atoms with Crippen LogP contribution in [-0.4, -0.2) is 37.7 Å². The Morgan fingerprint density at radius 2 is 2.00 bits per heavy atom. The molecule has 29 heavy (non-hydrogen) atoms. The molecule has 6 heteroatoms. The molecular formula is C23H28N2O4. The lowest BCUT2D eigenvalue weighted by Gasteiger charge is -2.35. The van der Waals surface area contributed by atoms with E-state index in [2.05, 4.69) is 10.6 Å². The molecule has 0 fully saturated rings. The summed E-state index contributed by atoms with van der Waals surface area (Å²) in [6.45, 7) is 2.82. The summed E-state index contributed by atoms with van der Waals surface area (Å²) in [5.74, 6) is -0.189. The molecule has 0 spiro atoms. The van der Waals surface area contributed by atoms with Crippen molar-refractivity contribution in [3.8, 4) is 5.75 Å². The summed E-state index contributed by atoms with van der Waals surface area (Å²) in [5.41, 5.74) is 1.06. The molecular weight excluding hydrogens is 368 g/mol. The van der Waals surface area contributed by atoms with Crippen LogP contribution in [0.25, 0.3) is 0 Å². The summed E-state index contributed by atoms with van der Waals surface area (Å²) < 4.78 is 11.2. The number of hydrogen-bond acceptors (Lipinski definition) is 4. The van der Waals surface area contributed by atoms with Crippen LogP contribution in [0.2, 0.25) is 0 Å². The summed E-state index contributed by atoms with van der Waals surface area (Å²) in [7, 11) is 1.57. The second-order valence-corrected chi connectivity index (χ2v) is 7.17. The second kappa shape index (κ2) is 9.56. The molecule has 2 amide bonds. The lowest BCUT2D eigenvalue weighted by Crippen LogP contribution is -2.60. The summed E-state index contributed by atoms with van der Waals surface area (Å²) >= 11 is 0. The summed E-state index contributed by atoms with van der Waals surface area (Å²) in [6, 6.07) is 15.4. The first kappa shape index (κ1) is 20.9. The molecule has 0 aromatic heterocycles. The molecule has 154 valence electrons. The predicted molar refractivity (Wildman–Crippen MR) is 112 cm³/mol. The highest BCUT2D eigenvalue weighted by Crippen LogP contribution is 2.33. The Balaban J connectivity index is 1.77. The van der Waals surface area contributed by atoms with Gasteiger partial charge in [0.05, 0.1) is 7.11 Å². The summed E-state index contributed by atoms with van der Waals surface area (Å²) in [4.78, 5) is 26.1.